The van der Waals surface area contributed by atoms with Crippen LogP contribution in [0.15, 0.2) is 24.4 Å². The molecular formula is C9H9N3O2. The van der Waals surface area contributed by atoms with Crippen LogP contribution in [0, 0.1) is 0 Å². The summed E-state index contributed by atoms with van der Waals surface area (Å²) in [5, 5.41) is 8.64. The first-order valence-corrected chi connectivity index (χ1v) is 4.11. The number of anilines is 1. The number of pyridine rings is 1. The molecule has 0 aliphatic carbocycles. The van der Waals surface area contributed by atoms with Crippen LogP contribution in [0.25, 0.3) is 5.52 Å². The molecule has 72 valence electrons. The second kappa shape index (κ2) is 3.02. The minimum atomic E-state index is -0.916. The van der Waals surface area contributed by atoms with Crippen molar-refractivity contribution >= 4 is 17.3 Å². The molecule has 0 aliphatic heterocycles. The zero-order chi connectivity index (χ0) is 10.1. The van der Waals surface area contributed by atoms with E-state index < -0.39 is 5.97 Å². The number of rotatable bonds is 2. The molecule has 0 aromatic carbocycles. The van der Waals surface area contributed by atoms with Gasteiger partial charge in [-0.15, -0.1) is 0 Å². The van der Waals surface area contributed by atoms with Gasteiger partial charge in [0.15, 0.2) is 0 Å². The maximum absolute atomic E-state index is 10.5. The number of carboxylic acids is 1. The predicted octanol–water partition coefficient (Wildman–Crippen LogP) is 0.544. The average Bonchev–Trinajstić information content (AvgIpc) is 2.49. The number of nitrogens with two attached hydrogens (primary N) is 1. The summed E-state index contributed by atoms with van der Waals surface area (Å²) in [6.07, 6.45) is 1.48. The number of imidazole rings is 1. The number of hydrogen-bond acceptors (Lipinski definition) is 3. The maximum Gasteiger partial charge on any atom is 0.311 e. The lowest BCUT2D eigenvalue weighted by Crippen LogP contribution is -2.07. The molecule has 0 spiro atoms. The van der Waals surface area contributed by atoms with E-state index in [-0.39, 0.29) is 6.42 Å². The van der Waals surface area contributed by atoms with Gasteiger partial charge in [-0.05, 0) is 12.1 Å². The lowest BCUT2D eigenvalue weighted by molar-refractivity contribution is -0.136. The monoisotopic (exact) mass is 191 g/mol. The molecule has 2 aromatic rings. The Bertz CT molecular complexity index is 490. The van der Waals surface area contributed by atoms with E-state index in [0.29, 0.717) is 11.6 Å². The summed E-state index contributed by atoms with van der Waals surface area (Å²) in [7, 11) is 0. The second-order valence-corrected chi connectivity index (χ2v) is 2.96. The topological polar surface area (TPSA) is 80.6 Å². The van der Waals surface area contributed by atoms with Crippen molar-refractivity contribution in [2.24, 2.45) is 0 Å². The molecule has 0 bridgehead atoms. The maximum atomic E-state index is 10.5. The third-order valence-corrected chi connectivity index (χ3v) is 1.96. The van der Waals surface area contributed by atoms with Gasteiger partial charge >= 0.3 is 5.97 Å². The Kier molecular flexibility index (Phi) is 1.85. The molecule has 0 atom stereocenters. The lowest BCUT2D eigenvalue weighted by Gasteiger charge is -2.01. The van der Waals surface area contributed by atoms with E-state index in [2.05, 4.69) is 4.98 Å². The van der Waals surface area contributed by atoms with Gasteiger partial charge in [-0.25, -0.2) is 4.98 Å². The normalized spacial score (nSPS) is 10.6. The molecule has 3 N–H and O–H groups in total. The number of hydrogen-bond donors (Lipinski definition) is 2. The average molecular weight is 191 g/mol. The van der Waals surface area contributed by atoms with E-state index >= 15 is 0 Å². The first kappa shape index (κ1) is 8.55. The van der Waals surface area contributed by atoms with Crippen molar-refractivity contribution in [2.45, 2.75) is 6.42 Å². The Morgan fingerprint density at radius 3 is 3.07 bits per heavy atom. The van der Waals surface area contributed by atoms with Crippen LogP contribution in [0.2, 0.25) is 0 Å². The molecule has 2 heterocycles. The molecule has 0 saturated carbocycles. The van der Waals surface area contributed by atoms with Crippen molar-refractivity contribution in [3.63, 3.8) is 0 Å². The molecule has 2 aromatic heterocycles. The van der Waals surface area contributed by atoms with E-state index in [0.717, 1.165) is 5.52 Å². The van der Waals surface area contributed by atoms with Crippen LogP contribution in [0.1, 0.15) is 5.82 Å². The molecular weight excluding hydrogens is 182 g/mol. The van der Waals surface area contributed by atoms with Crippen molar-refractivity contribution in [3.05, 3.63) is 30.2 Å². The van der Waals surface area contributed by atoms with Gasteiger partial charge in [0.05, 0.1) is 11.7 Å². The van der Waals surface area contributed by atoms with Gasteiger partial charge < -0.3 is 10.8 Å². The Balaban J connectivity index is 2.61. The summed E-state index contributed by atoms with van der Waals surface area (Å²) in [6, 6.07) is 5.34. The van der Waals surface area contributed by atoms with Crippen molar-refractivity contribution in [3.8, 4) is 0 Å². The van der Waals surface area contributed by atoms with Gasteiger partial charge in [0.2, 0.25) is 0 Å². The fraction of sp³-hybridized carbons (Fsp3) is 0.111. The third kappa shape index (κ3) is 1.28. The van der Waals surface area contributed by atoms with Crippen LogP contribution in [0.4, 0.5) is 5.82 Å². The molecule has 0 unspecified atom stereocenters. The SMILES string of the molecule is Nc1cccc2cnc(CC(=O)O)n12. The second-order valence-electron chi connectivity index (χ2n) is 2.96. The molecule has 2 rings (SSSR count). The molecule has 0 fully saturated rings. The number of carboxylic acid groups (broad SMARTS) is 1. The number of nitrogens with zero attached hydrogens (tertiary/aromatic N) is 2. The predicted molar refractivity (Wildman–Crippen MR) is 50.9 cm³/mol. The van der Waals surface area contributed by atoms with Gasteiger partial charge in [-0.2, -0.15) is 0 Å². The first-order valence-electron chi connectivity index (χ1n) is 4.11. The van der Waals surface area contributed by atoms with E-state index in [4.69, 9.17) is 10.8 Å². The van der Waals surface area contributed by atoms with Gasteiger partial charge in [-0.3, -0.25) is 9.20 Å². The quantitative estimate of drug-likeness (QED) is 0.726. The number of fused-ring (bicyclic) bond motifs is 1. The highest BCUT2D eigenvalue weighted by atomic mass is 16.4. The van der Waals surface area contributed by atoms with Crippen LogP contribution >= 0.6 is 0 Å². The van der Waals surface area contributed by atoms with Crippen molar-refractivity contribution in [2.75, 3.05) is 5.73 Å². The summed E-state index contributed by atoms with van der Waals surface area (Å²) in [5.41, 5.74) is 6.51. The Hall–Kier alpha value is -2.04. The molecule has 0 radical (unpaired) electrons. The fourth-order valence-corrected chi connectivity index (χ4v) is 1.40. The fourth-order valence-electron chi connectivity index (χ4n) is 1.40. The Labute approximate surface area is 79.8 Å². The summed E-state index contributed by atoms with van der Waals surface area (Å²) >= 11 is 0. The third-order valence-electron chi connectivity index (χ3n) is 1.96. The standard InChI is InChI=1S/C9H9N3O2/c10-7-3-1-2-6-5-11-8(12(6)7)4-9(13)14/h1-3,5H,4,10H2,(H,13,14). The number of carbonyl (C=O) groups is 1. The van der Waals surface area contributed by atoms with Crippen LogP contribution in [0.5, 0.6) is 0 Å². The summed E-state index contributed by atoms with van der Waals surface area (Å²) in [5.74, 6) is 0.0302. The smallest absolute Gasteiger partial charge is 0.311 e. The van der Waals surface area contributed by atoms with E-state index in [1.807, 2.05) is 6.07 Å². The number of aliphatic carboxylic acids is 1. The molecule has 0 saturated heterocycles. The number of nitrogen functional groups attached to an aromatic ring is 1. The van der Waals surface area contributed by atoms with Gasteiger partial charge in [0.1, 0.15) is 18.1 Å². The zero-order valence-electron chi connectivity index (χ0n) is 7.34. The van der Waals surface area contributed by atoms with Crippen LogP contribution < -0.4 is 5.73 Å². The van der Waals surface area contributed by atoms with Crippen molar-refractivity contribution in [1.82, 2.24) is 9.38 Å². The van der Waals surface area contributed by atoms with E-state index in [1.54, 1.807) is 22.7 Å². The molecule has 5 nitrogen and oxygen atoms in total. The summed E-state index contributed by atoms with van der Waals surface area (Å²) in [4.78, 5) is 14.5. The van der Waals surface area contributed by atoms with E-state index in [9.17, 15) is 4.79 Å². The highest BCUT2D eigenvalue weighted by Crippen LogP contribution is 2.12. The molecule has 5 heteroatoms. The van der Waals surface area contributed by atoms with Gasteiger partial charge in [0.25, 0.3) is 0 Å². The molecule has 14 heavy (non-hydrogen) atoms. The minimum Gasteiger partial charge on any atom is -0.481 e. The van der Waals surface area contributed by atoms with Crippen molar-refractivity contribution in [1.29, 1.82) is 0 Å². The zero-order valence-corrected chi connectivity index (χ0v) is 7.34. The first-order chi connectivity index (χ1) is 6.68. The highest BCUT2D eigenvalue weighted by molar-refractivity contribution is 5.70. The highest BCUT2D eigenvalue weighted by Gasteiger charge is 2.08. The van der Waals surface area contributed by atoms with Crippen LogP contribution in [-0.4, -0.2) is 20.5 Å². The Morgan fingerprint density at radius 2 is 2.36 bits per heavy atom. The molecule has 0 amide bonds. The Morgan fingerprint density at radius 1 is 1.57 bits per heavy atom. The van der Waals surface area contributed by atoms with E-state index in [1.165, 1.54) is 0 Å². The summed E-state index contributed by atoms with van der Waals surface area (Å²) in [6.45, 7) is 0. The van der Waals surface area contributed by atoms with Crippen molar-refractivity contribution < 1.29 is 9.90 Å². The lowest BCUT2D eigenvalue weighted by atomic mass is 10.3. The molecule has 0 aliphatic rings. The number of aromatic nitrogens is 2. The van der Waals surface area contributed by atoms with Crippen LogP contribution in [-0.2, 0) is 11.2 Å². The largest absolute Gasteiger partial charge is 0.481 e. The minimum absolute atomic E-state index is 0.123. The van der Waals surface area contributed by atoms with Gasteiger partial charge in [0, 0.05) is 0 Å². The summed E-state index contributed by atoms with van der Waals surface area (Å²) < 4.78 is 1.63. The van der Waals surface area contributed by atoms with Crippen LogP contribution in [0.3, 0.4) is 0 Å². The van der Waals surface area contributed by atoms with Gasteiger partial charge in [-0.1, -0.05) is 6.07 Å².